The lowest BCUT2D eigenvalue weighted by Crippen LogP contribution is -2.06. The Bertz CT molecular complexity index is 320. The van der Waals surface area contributed by atoms with E-state index in [0.29, 0.717) is 5.17 Å². The summed E-state index contributed by atoms with van der Waals surface area (Å²) >= 11 is 1.33. The van der Waals surface area contributed by atoms with E-state index in [1.54, 1.807) is 0 Å². The molecule has 0 bridgehead atoms. The molecule has 1 unspecified atom stereocenters. The molecule has 0 fully saturated rings. The molecule has 0 spiro atoms. The van der Waals surface area contributed by atoms with E-state index in [1.807, 2.05) is 19.1 Å². The summed E-state index contributed by atoms with van der Waals surface area (Å²) in [5.41, 5.74) is 5.48. The lowest BCUT2D eigenvalue weighted by Gasteiger charge is -2.00. The molecule has 0 saturated heterocycles. The van der Waals surface area contributed by atoms with Gasteiger partial charge in [-0.2, -0.15) is 0 Å². The number of furan rings is 1. The zero-order chi connectivity index (χ0) is 8.55. The van der Waals surface area contributed by atoms with Crippen molar-refractivity contribution in [2.75, 3.05) is 0 Å². The Morgan fingerprint density at radius 1 is 1.67 bits per heavy atom. The monoisotopic (exact) mass is 183 g/mol. The molecule has 3 N–H and O–H groups in total. The van der Waals surface area contributed by atoms with Crippen LogP contribution in [0.3, 0.4) is 0 Å². The predicted molar refractivity (Wildman–Crippen MR) is 48.5 cm³/mol. The number of nitrogens with one attached hydrogen (secondary N) is 1. The number of rotatable bonds is 1. The molecule has 1 aromatic heterocycles. The van der Waals surface area contributed by atoms with Crippen molar-refractivity contribution < 1.29 is 4.42 Å². The van der Waals surface area contributed by atoms with Crippen LogP contribution in [0.1, 0.15) is 17.7 Å². The highest BCUT2D eigenvalue weighted by Gasteiger charge is 2.19. The van der Waals surface area contributed by atoms with Crippen LogP contribution < -0.4 is 10.5 Å². The molecule has 0 saturated carbocycles. The van der Waals surface area contributed by atoms with E-state index >= 15 is 0 Å². The number of hydrogen-bond acceptors (Lipinski definition) is 5. The third-order valence-corrected chi connectivity index (χ3v) is 2.22. The molecule has 2 rings (SSSR count). The van der Waals surface area contributed by atoms with Gasteiger partial charge in [-0.05, 0) is 31.0 Å². The first-order chi connectivity index (χ1) is 5.75. The first-order valence-corrected chi connectivity index (χ1v) is 4.39. The van der Waals surface area contributed by atoms with Crippen molar-refractivity contribution >= 4 is 17.1 Å². The molecule has 2 heterocycles. The Labute approximate surface area is 74.4 Å². The van der Waals surface area contributed by atoms with Crippen molar-refractivity contribution in [2.24, 2.45) is 10.7 Å². The van der Waals surface area contributed by atoms with Gasteiger partial charge in [0.15, 0.2) is 11.3 Å². The second kappa shape index (κ2) is 2.84. The van der Waals surface area contributed by atoms with Crippen LogP contribution in [0.25, 0.3) is 0 Å². The van der Waals surface area contributed by atoms with E-state index in [4.69, 9.17) is 10.2 Å². The average Bonchev–Trinajstić information content (AvgIpc) is 2.58. The molecule has 5 heteroatoms. The Morgan fingerprint density at radius 3 is 3.00 bits per heavy atom. The molecule has 0 aromatic carbocycles. The van der Waals surface area contributed by atoms with Crippen molar-refractivity contribution in [1.29, 1.82) is 0 Å². The summed E-state index contributed by atoms with van der Waals surface area (Å²) in [6, 6.07) is 3.81. The summed E-state index contributed by atoms with van der Waals surface area (Å²) in [6.45, 7) is 1.90. The van der Waals surface area contributed by atoms with Gasteiger partial charge in [-0.15, -0.1) is 0 Å². The van der Waals surface area contributed by atoms with E-state index < -0.39 is 0 Å². The van der Waals surface area contributed by atoms with Gasteiger partial charge < -0.3 is 10.2 Å². The maximum absolute atomic E-state index is 5.48. The van der Waals surface area contributed by atoms with Gasteiger partial charge in [0.1, 0.15) is 11.5 Å². The van der Waals surface area contributed by atoms with E-state index in [0.717, 1.165) is 11.5 Å². The van der Waals surface area contributed by atoms with Gasteiger partial charge in [-0.1, -0.05) is 0 Å². The molecule has 1 aliphatic rings. The van der Waals surface area contributed by atoms with Crippen molar-refractivity contribution in [3.63, 3.8) is 0 Å². The number of nitrogens with two attached hydrogens (primary N) is 1. The Kier molecular flexibility index (Phi) is 1.82. The SMILES string of the molecule is Cc1ccc(C2N=C(N)SN2)o1. The molecule has 0 amide bonds. The quantitative estimate of drug-likeness (QED) is 0.641. The van der Waals surface area contributed by atoms with Crippen molar-refractivity contribution in [3.05, 3.63) is 23.7 Å². The van der Waals surface area contributed by atoms with Crippen LogP contribution in [0.15, 0.2) is 21.5 Å². The van der Waals surface area contributed by atoms with Crippen molar-refractivity contribution in [3.8, 4) is 0 Å². The number of amidine groups is 1. The number of aryl methyl sites for hydroxylation is 1. The van der Waals surface area contributed by atoms with Crippen molar-refractivity contribution in [1.82, 2.24) is 4.72 Å². The summed E-state index contributed by atoms with van der Waals surface area (Å²) < 4.78 is 8.41. The molecule has 0 radical (unpaired) electrons. The predicted octanol–water partition coefficient (Wildman–Crippen LogP) is 1.15. The van der Waals surface area contributed by atoms with Gasteiger partial charge in [-0.3, -0.25) is 0 Å². The Morgan fingerprint density at radius 2 is 2.50 bits per heavy atom. The average molecular weight is 183 g/mol. The highest BCUT2D eigenvalue weighted by Crippen LogP contribution is 2.24. The Balaban J connectivity index is 2.21. The molecular formula is C7H9N3OS. The van der Waals surface area contributed by atoms with Gasteiger partial charge in [-0.25, -0.2) is 9.71 Å². The normalized spacial score (nSPS) is 22.8. The summed E-state index contributed by atoms with van der Waals surface area (Å²) in [4.78, 5) is 4.12. The molecular weight excluding hydrogens is 174 g/mol. The largest absolute Gasteiger partial charge is 0.463 e. The molecule has 1 aliphatic heterocycles. The summed E-state index contributed by atoms with van der Waals surface area (Å²) in [5.74, 6) is 1.69. The standard InChI is InChI=1S/C7H9N3OS/c1-4-2-3-5(11-4)6-9-7(8)12-10-6/h2-3,6,10H,1H3,(H2,8,9). The van der Waals surface area contributed by atoms with Crippen molar-refractivity contribution in [2.45, 2.75) is 13.1 Å². The Hall–Kier alpha value is -0.940. The minimum absolute atomic E-state index is 0.122. The highest BCUT2D eigenvalue weighted by molar-refractivity contribution is 8.12. The van der Waals surface area contributed by atoms with Crippen LogP contribution in [0.2, 0.25) is 0 Å². The maximum atomic E-state index is 5.48. The maximum Gasteiger partial charge on any atom is 0.171 e. The zero-order valence-electron chi connectivity index (χ0n) is 6.57. The van der Waals surface area contributed by atoms with Crippen LogP contribution >= 0.6 is 11.9 Å². The lowest BCUT2D eigenvalue weighted by atomic mass is 10.4. The third-order valence-electron chi connectivity index (χ3n) is 1.56. The molecule has 12 heavy (non-hydrogen) atoms. The number of aliphatic imine (C=N–C) groups is 1. The van der Waals surface area contributed by atoms with Gasteiger partial charge in [0.25, 0.3) is 0 Å². The first-order valence-electron chi connectivity index (χ1n) is 3.58. The highest BCUT2D eigenvalue weighted by atomic mass is 32.2. The van der Waals surface area contributed by atoms with Crippen LogP contribution in [0.5, 0.6) is 0 Å². The molecule has 4 nitrogen and oxygen atoms in total. The fraction of sp³-hybridized carbons (Fsp3) is 0.286. The number of nitrogens with zero attached hydrogens (tertiary/aromatic N) is 1. The zero-order valence-corrected chi connectivity index (χ0v) is 7.39. The topological polar surface area (TPSA) is 63.5 Å². The second-order valence-corrected chi connectivity index (χ2v) is 3.40. The summed E-state index contributed by atoms with van der Waals surface area (Å²) in [5, 5.41) is 0.550. The molecule has 1 aromatic rings. The lowest BCUT2D eigenvalue weighted by molar-refractivity contribution is 0.445. The smallest absolute Gasteiger partial charge is 0.171 e. The van der Waals surface area contributed by atoms with Gasteiger partial charge in [0.2, 0.25) is 0 Å². The van der Waals surface area contributed by atoms with Gasteiger partial charge >= 0.3 is 0 Å². The summed E-state index contributed by atoms with van der Waals surface area (Å²) in [7, 11) is 0. The minimum Gasteiger partial charge on any atom is -0.463 e. The number of hydrogen-bond donors (Lipinski definition) is 2. The van der Waals surface area contributed by atoms with E-state index in [1.165, 1.54) is 11.9 Å². The van der Waals surface area contributed by atoms with Crippen LogP contribution in [0, 0.1) is 6.92 Å². The third kappa shape index (κ3) is 1.33. The van der Waals surface area contributed by atoms with Crippen LogP contribution in [-0.4, -0.2) is 5.17 Å². The second-order valence-electron chi connectivity index (χ2n) is 2.54. The molecule has 64 valence electrons. The van der Waals surface area contributed by atoms with Crippen LogP contribution in [-0.2, 0) is 0 Å². The van der Waals surface area contributed by atoms with E-state index in [9.17, 15) is 0 Å². The van der Waals surface area contributed by atoms with Gasteiger partial charge in [0, 0.05) is 0 Å². The fourth-order valence-corrected chi connectivity index (χ4v) is 1.58. The van der Waals surface area contributed by atoms with Gasteiger partial charge in [0.05, 0.1) is 0 Å². The first kappa shape index (κ1) is 7.70. The molecule has 1 atom stereocenters. The fourth-order valence-electron chi connectivity index (χ4n) is 1.02. The van der Waals surface area contributed by atoms with Crippen LogP contribution in [0.4, 0.5) is 0 Å². The summed E-state index contributed by atoms with van der Waals surface area (Å²) in [6.07, 6.45) is -0.122. The molecule has 0 aliphatic carbocycles. The van der Waals surface area contributed by atoms with E-state index in [2.05, 4.69) is 9.71 Å². The van der Waals surface area contributed by atoms with E-state index in [-0.39, 0.29) is 6.17 Å². The minimum atomic E-state index is -0.122.